The van der Waals surface area contributed by atoms with Crippen LogP contribution in [0.3, 0.4) is 0 Å². The number of likely N-dealkylation sites (tertiary alicyclic amines) is 1. The Labute approximate surface area is 131 Å². The molecule has 1 unspecified atom stereocenters. The van der Waals surface area contributed by atoms with Crippen molar-refractivity contribution in [1.82, 2.24) is 10.2 Å². The van der Waals surface area contributed by atoms with E-state index >= 15 is 0 Å². The average molecular weight is 314 g/mol. The molecule has 7 heteroatoms. The molecule has 0 aromatic rings. The largest absolute Gasteiger partial charge is 0.444 e. The third-order valence-electron chi connectivity index (χ3n) is 3.78. The molecule has 2 fully saturated rings. The highest BCUT2D eigenvalue weighted by Crippen LogP contribution is 2.27. The Hall–Kier alpha value is -1.34. The average Bonchev–Trinajstić information content (AvgIpc) is 2.95. The van der Waals surface area contributed by atoms with Crippen LogP contribution in [0.15, 0.2) is 0 Å². The predicted molar refractivity (Wildman–Crippen MR) is 79.5 cm³/mol. The van der Waals surface area contributed by atoms with E-state index in [4.69, 9.17) is 14.2 Å². The molecule has 0 spiro atoms. The van der Waals surface area contributed by atoms with Crippen molar-refractivity contribution in [1.29, 1.82) is 0 Å². The fraction of sp³-hybridized carbons (Fsp3) is 0.867. The molecule has 2 heterocycles. The highest BCUT2D eigenvalue weighted by Gasteiger charge is 2.47. The van der Waals surface area contributed by atoms with E-state index in [-0.39, 0.29) is 24.2 Å². The van der Waals surface area contributed by atoms with Crippen LogP contribution in [-0.2, 0) is 19.0 Å². The Kier molecular flexibility index (Phi) is 4.67. The number of nitrogens with one attached hydrogen (secondary N) is 1. The van der Waals surface area contributed by atoms with Crippen molar-refractivity contribution in [2.75, 3.05) is 26.8 Å². The summed E-state index contributed by atoms with van der Waals surface area (Å²) in [6.45, 7) is 8.60. The minimum atomic E-state index is -0.575. The summed E-state index contributed by atoms with van der Waals surface area (Å²) < 4.78 is 15.8. The number of rotatable bonds is 4. The quantitative estimate of drug-likeness (QED) is 0.780. The maximum atomic E-state index is 12.2. The third kappa shape index (κ3) is 4.10. The summed E-state index contributed by atoms with van der Waals surface area (Å²) in [7, 11) is 1.58. The number of hydrogen-bond acceptors (Lipinski definition) is 5. The molecule has 7 nitrogen and oxygen atoms in total. The van der Waals surface area contributed by atoms with Gasteiger partial charge in [-0.1, -0.05) is 0 Å². The Morgan fingerprint density at radius 3 is 2.55 bits per heavy atom. The number of epoxide rings is 1. The summed E-state index contributed by atoms with van der Waals surface area (Å²) >= 11 is 0. The van der Waals surface area contributed by atoms with E-state index in [1.807, 2.05) is 27.7 Å². The molecule has 3 atom stereocenters. The molecule has 2 amide bonds. The Balaban J connectivity index is 1.97. The number of amides is 2. The van der Waals surface area contributed by atoms with Crippen molar-refractivity contribution in [2.24, 2.45) is 0 Å². The summed E-state index contributed by atoms with van der Waals surface area (Å²) in [5.41, 5.74) is -1.11. The lowest BCUT2D eigenvalue weighted by Crippen LogP contribution is -2.55. The summed E-state index contributed by atoms with van der Waals surface area (Å²) in [4.78, 5) is 25.9. The normalized spacial score (nSPS) is 31.0. The van der Waals surface area contributed by atoms with Crippen LogP contribution in [0.5, 0.6) is 0 Å². The van der Waals surface area contributed by atoms with Gasteiger partial charge in [0.2, 0.25) is 0 Å². The second-order valence-electron chi connectivity index (χ2n) is 7.12. The van der Waals surface area contributed by atoms with E-state index < -0.39 is 11.1 Å². The molecule has 2 aliphatic rings. The van der Waals surface area contributed by atoms with Gasteiger partial charge in [-0.25, -0.2) is 4.79 Å². The summed E-state index contributed by atoms with van der Waals surface area (Å²) in [6.07, 6.45) is -0.157. The van der Waals surface area contributed by atoms with Gasteiger partial charge >= 0.3 is 6.09 Å². The smallest absolute Gasteiger partial charge is 0.410 e. The van der Waals surface area contributed by atoms with Crippen molar-refractivity contribution in [2.45, 2.75) is 57.5 Å². The zero-order valence-electron chi connectivity index (χ0n) is 14.0. The van der Waals surface area contributed by atoms with Crippen molar-refractivity contribution in [3.8, 4) is 0 Å². The van der Waals surface area contributed by atoms with Crippen LogP contribution in [-0.4, -0.2) is 67.1 Å². The van der Waals surface area contributed by atoms with E-state index in [2.05, 4.69) is 5.32 Å². The maximum absolute atomic E-state index is 12.2. The molecular formula is C15H26N2O5. The van der Waals surface area contributed by atoms with Crippen LogP contribution in [0.25, 0.3) is 0 Å². The molecule has 2 rings (SSSR count). The number of carbonyl (C=O) groups excluding carboxylic acids is 2. The van der Waals surface area contributed by atoms with Gasteiger partial charge < -0.3 is 24.4 Å². The zero-order valence-corrected chi connectivity index (χ0v) is 14.0. The second-order valence-corrected chi connectivity index (χ2v) is 7.12. The molecule has 0 radical (unpaired) electrons. The van der Waals surface area contributed by atoms with Gasteiger partial charge in [0.25, 0.3) is 5.91 Å². The summed E-state index contributed by atoms with van der Waals surface area (Å²) in [5.74, 6) is -0.143. The van der Waals surface area contributed by atoms with Crippen LogP contribution in [0, 0.1) is 0 Å². The van der Waals surface area contributed by atoms with Crippen molar-refractivity contribution in [3.05, 3.63) is 0 Å². The van der Waals surface area contributed by atoms with Gasteiger partial charge in [-0.15, -0.1) is 0 Å². The van der Waals surface area contributed by atoms with Crippen LogP contribution in [0.1, 0.15) is 34.1 Å². The minimum Gasteiger partial charge on any atom is -0.444 e. The predicted octanol–water partition coefficient (Wildman–Crippen LogP) is 0.916. The molecule has 126 valence electrons. The van der Waals surface area contributed by atoms with Gasteiger partial charge in [-0.2, -0.15) is 0 Å². The van der Waals surface area contributed by atoms with Gasteiger partial charge in [-0.05, 0) is 34.1 Å². The molecule has 0 aromatic heterocycles. The van der Waals surface area contributed by atoms with Gasteiger partial charge in [0.15, 0.2) is 6.10 Å². The molecule has 0 aliphatic carbocycles. The van der Waals surface area contributed by atoms with Gasteiger partial charge in [-0.3, -0.25) is 4.79 Å². The van der Waals surface area contributed by atoms with Crippen LogP contribution < -0.4 is 5.32 Å². The van der Waals surface area contributed by atoms with E-state index in [1.54, 1.807) is 12.0 Å². The second kappa shape index (κ2) is 6.04. The summed E-state index contributed by atoms with van der Waals surface area (Å²) in [5, 5.41) is 2.99. The first kappa shape index (κ1) is 17.0. The maximum Gasteiger partial charge on any atom is 0.410 e. The number of nitrogens with zero attached hydrogens (tertiary/aromatic N) is 1. The number of carbonyl (C=O) groups is 2. The number of ether oxygens (including phenoxy) is 3. The number of hydrogen-bond donors (Lipinski definition) is 1. The number of methoxy groups -OCH3 is 1. The Morgan fingerprint density at radius 2 is 2.05 bits per heavy atom. The molecule has 22 heavy (non-hydrogen) atoms. The van der Waals surface area contributed by atoms with Crippen LogP contribution >= 0.6 is 0 Å². The minimum absolute atomic E-state index is 0.0389. The highest BCUT2D eigenvalue weighted by molar-refractivity contribution is 5.84. The van der Waals surface area contributed by atoms with Crippen molar-refractivity contribution < 1.29 is 23.8 Å². The fourth-order valence-corrected chi connectivity index (χ4v) is 2.68. The van der Waals surface area contributed by atoms with Gasteiger partial charge in [0, 0.05) is 20.2 Å². The van der Waals surface area contributed by atoms with Crippen molar-refractivity contribution in [3.63, 3.8) is 0 Å². The lowest BCUT2D eigenvalue weighted by molar-refractivity contribution is -0.124. The SMILES string of the molecule is COCC1(NC(=O)[C@@H]2O[C@H]2C)CCN(C(=O)OC(C)(C)C)C1. The van der Waals surface area contributed by atoms with Gasteiger partial charge in [0.05, 0.1) is 18.2 Å². The first-order valence-corrected chi connectivity index (χ1v) is 7.60. The topological polar surface area (TPSA) is 80.4 Å². The lowest BCUT2D eigenvalue weighted by Gasteiger charge is -2.30. The van der Waals surface area contributed by atoms with E-state index in [0.717, 1.165) is 0 Å². The molecule has 1 N–H and O–H groups in total. The highest BCUT2D eigenvalue weighted by atomic mass is 16.6. The molecule has 0 bridgehead atoms. The van der Waals surface area contributed by atoms with E-state index in [0.29, 0.717) is 26.1 Å². The van der Waals surface area contributed by atoms with E-state index in [9.17, 15) is 9.59 Å². The zero-order chi connectivity index (χ0) is 16.5. The third-order valence-corrected chi connectivity index (χ3v) is 3.78. The Morgan fingerprint density at radius 1 is 1.41 bits per heavy atom. The lowest BCUT2D eigenvalue weighted by atomic mass is 9.99. The fourth-order valence-electron chi connectivity index (χ4n) is 2.68. The summed E-state index contributed by atoms with van der Waals surface area (Å²) in [6, 6.07) is 0. The standard InChI is InChI=1S/C15H26N2O5/c1-10-11(21-10)12(18)16-15(9-20-5)6-7-17(8-15)13(19)22-14(2,3)4/h10-11H,6-9H2,1-5H3,(H,16,18)/t10-,11+,15?/m0/s1. The van der Waals surface area contributed by atoms with Crippen molar-refractivity contribution >= 4 is 12.0 Å². The first-order valence-electron chi connectivity index (χ1n) is 7.60. The van der Waals surface area contributed by atoms with Crippen LogP contribution in [0.2, 0.25) is 0 Å². The monoisotopic (exact) mass is 314 g/mol. The Bertz CT molecular complexity index is 448. The van der Waals surface area contributed by atoms with Gasteiger partial charge in [0.1, 0.15) is 5.60 Å². The van der Waals surface area contributed by atoms with E-state index in [1.165, 1.54) is 0 Å². The molecule has 0 aromatic carbocycles. The first-order chi connectivity index (χ1) is 10.2. The van der Waals surface area contributed by atoms with Crippen LogP contribution in [0.4, 0.5) is 4.79 Å². The molecule has 2 aliphatic heterocycles. The molecule has 2 saturated heterocycles. The molecule has 0 saturated carbocycles. The molecular weight excluding hydrogens is 288 g/mol.